The number of ether oxygens (including phenoxy) is 1. The number of amides is 2. The zero-order valence-electron chi connectivity index (χ0n) is 15.3. The number of hydrogen-bond donors (Lipinski definition) is 1. The Morgan fingerprint density at radius 2 is 1.78 bits per heavy atom. The Morgan fingerprint density at radius 3 is 2.41 bits per heavy atom. The number of likely N-dealkylation sites (tertiary alicyclic amines) is 1. The topological polar surface area (TPSA) is 58.6 Å². The maximum atomic E-state index is 12.5. The molecule has 0 aromatic heterocycles. The Kier molecular flexibility index (Phi) is 6.35. The molecular formula is C21H23ClN2O3. The number of methoxy groups -OCH3 is 1. The number of rotatable bonds is 5. The second kappa shape index (κ2) is 8.91. The molecule has 0 radical (unpaired) electrons. The van der Waals surface area contributed by atoms with Gasteiger partial charge < -0.3 is 15.0 Å². The van der Waals surface area contributed by atoms with Gasteiger partial charge in [-0.1, -0.05) is 35.9 Å². The molecule has 1 saturated heterocycles. The molecule has 0 saturated carbocycles. The molecule has 5 nitrogen and oxygen atoms in total. The van der Waals surface area contributed by atoms with Crippen LogP contribution in [0.4, 0.5) is 5.69 Å². The SMILES string of the molecule is COc1ccc(CC(=O)N2CCC(C(=O)Nc3ccccc3Cl)CC2)cc1. The van der Waals surface area contributed by atoms with E-state index in [2.05, 4.69) is 5.32 Å². The Bertz CT molecular complexity index is 799. The van der Waals surface area contributed by atoms with Gasteiger partial charge in [-0.25, -0.2) is 0 Å². The van der Waals surface area contributed by atoms with Crippen LogP contribution >= 0.6 is 11.6 Å². The first-order valence-electron chi connectivity index (χ1n) is 9.03. The lowest BCUT2D eigenvalue weighted by Gasteiger charge is -2.31. The first kappa shape index (κ1) is 19.2. The minimum absolute atomic E-state index is 0.0367. The largest absolute Gasteiger partial charge is 0.497 e. The molecular weight excluding hydrogens is 364 g/mol. The Labute approximate surface area is 164 Å². The van der Waals surface area contributed by atoms with Crippen LogP contribution in [0.2, 0.25) is 5.02 Å². The first-order chi connectivity index (χ1) is 13.1. The van der Waals surface area contributed by atoms with Gasteiger partial charge in [-0.3, -0.25) is 9.59 Å². The number of para-hydroxylation sites is 1. The van der Waals surface area contributed by atoms with Gasteiger partial charge in [-0.05, 0) is 42.7 Å². The number of carbonyl (C=O) groups is 2. The number of benzene rings is 2. The average Bonchev–Trinajstić information content (AvgIpc) is 2.70. The second-order valence-electron chi connectivity index (χ2n) is 6.65. The summed E-state index contributed by atoms with van der Waals surface area (Å²) in [4.78, 5) is 26.8. The van der Waals surface area contributed by atoms with E-state index < -0.39 is 0 Å². The van der Waals surface area contributed by atoms with Crippen LogP contribution in [-0.2, 0) is 16.0 Å². The van der Waals surface area contributed by atoms with Gasteiger partial charge in [-0.2, -0.15) is 0 Å². The van der Waals surface area contributed by atoms with Crippen LogP contribution in [0.5, 0.6) is 5.75 Å². The van der Waals surface area contributed by atoms with Gasteiger partial charge in [0.15, 0.2) is 0 Å². The van der Waals surface area contributed by atoms with E-state index in [1.807, 2.05) is 41.3 Å². The van der Waals surface area contributed by atoms with Gasteiger partial charge in [0.05, 0.1) is 24.2 Å². The van der Waals surface area contributed by atoms with Gasteiger partial charge in [0.2, 0.25) is 11.8 Å². The third-order valence-electron chi connectivity index (χ3n) is 4.86. The summed E-state index contributed by atoms with van der Waals surface area (Å²) in [6, 6.07) is 14.7. The molecule has 2 aromatic carbocycles. The standard InChI is InChI=1S/C21H23ClN2O3/c1-27-17-8-6-15(7-9-17)14-20(25)24-12-10-16(11-13-24)21(26)23-19-5-3-2-4-18(19)22/h2-9,16H,10-14H2,1H3,(H,23,26). The molecule has 0 unspecified atom stereocenters. The smallest absolute Gasteiger partial charge is 0.227 e. The summed E-state index contributed by atoms with van der Waals surface area (Å²) in [5, 5.41) is 3.41. The molecule has 1 fully saturated rings. The Balaban J connectivity index is 1.49. The number of anilines is 1. The van der Waals surface area contributed by atoms with Crippen molar-refractivity contribution in [2.24, 2.45) is 5.92 Å². The van der Waals surface area contributed by atoms with Crippen LogP contribution in [0.1, 0.15) is 18.4 Å². The van der Waals surface area contributed by atoms with Crippen molar-refractivity contribution in [2.45, 2.75) is 19.3 Å². The van der Waals surface area contributed by atoms with E-state index in [0.717, 1.165) is 11.3 Å². The van der Waals surface area contributed by atoms with Crippen molar-refractivity contribution in [1.29, 1.82) is 0 Å². The van der Waals surface area contributed by atoms with Crippen molar-refractivity contribution in [3.8, 4) is 5.75 Å². The van der Waals surface area contributed by atoms with Crippen molar-refractivity contribution in [3.63, 3.8) is 0 Å². The second-order valence-corrected chi connectivity index (χ2v) is 7.06. The highest BCUT2D eigenvalue weighted by Gasteiger charge is 2.27. The third kappa shape index (κ3) is 5.01. The van der Waals surface area contributed by atoms with E-state index in [0.29, 0.717) is 43.1 Å². The van der Waals surface area contributed by atoms with Gasteiger partial charge in [0.25, 0.3) is 0 Å². The summed E-state index contributed by atoms with van der Waals surface area (Å²) in [6.45, 7) is 1.19. The van der Waals surface area contributed by atoms with E-state index >= 15 is 0 Å². The summed E-state index contributed by atoms with van der Waals surface area (Å²) in [7, 11) is 1.62. The molecule has 2 aromatic rings. The molecule has 0 aliphatic carbocycles. The molecule has 0 bridgehead atoms. The molecule has 3 rings (SSSR count). The lowest BCUT2D eigenvalue weighted by Crippen LogP contribution is -2.42. The van der Waals surface area contributed by atoms with E-state index in [-0.39, 0.29) is 17.7 Å². The number of piperidine rings is 1. The van der Waals surface area contributed by atoms with Crippen molar-refractivity contribution in [1.82, 2.24) is 4.90 Å². The van der Waals surface area contributed by atoms with E-state index in [1.54, 1.807) is 19.2 Å². The van der Waals surface area contributed by atoms with Gasteiger partial charge in [-0.15, -0.1) is 0 Å². The number of carbonyl (C=O) groups excluding carboxylic acids is 2. The third-order valence-corrected chi connectivity index (χ3v) is 5.19. The summed E-state index contributed by atoms with van der Waals surface area (Å²) in [6.07, 6.45) is 1.68. The van der Waals surface area contributed by atoms with Crippen LogP contribution in [0, 0.1) is 5.92 Å². The molecule has 142 valence electrons. The minimum Gasteiger partial charge on any atom is -0.497 e. The van der Waals surface area contributed by atoms with E-state index in [1.165, 1.54) is 0 Å². The Morgan fingerprint density at radius 1 is 1.11 bits per heavy atom. The van der Waals surface area contributed by atoms with E-state index in [9.17, 15) is 9.59 Å². The van der Waals surface area contributed by atoms with Crippen molar-refractivity contribution in [3.05, 3.63) is 59.1 Å². The molecule has 0 spiro atoms. The lowest BCUT2D eigenvalue weighted by molar-refractivity contribution is -0.133. The van der Waals surface area contributed by atoms with Gasteiger partial charge in [0, 0.05) is 19.0 Å². The van der Waals surface area contributed by atoms with E-state index in [4.69, 9.17) is 16.3 Å². The molecule has 1 aliphatic heterocycles. The van der Waals surface area contributed by atoms with Crippen LogP contribution in [0.15, 0.2) is 48.5 Å². The molecule has 2 amide bonds. The van der Waals surface area contributed by atoms with Gasteiger partial charge >= 0.3 is 0 Å². The van der Waals surface area contributed by atoms with Crippen molar-refractivity contribution >= 4 is 29.1 Å². The predicted octanol–water partition coefficient (Wildman–Crippen LogP) is 3.77. The van der Waals surface area contributed by atoms with Crippen LogP contribution in [0.3, 0.4) is 0 Å². The lowest BCUT2D eigenvalue weighted by atomic mass is 9.95. The average molecular weight is 387 g/mol. The monoisotopic (exact) mass is 386 g/mol. The maximum absolute atomic E-state index is 12.5. The quantitative estimate of drug-likeness (QED) is 0.850. The fraction of sp³-hybridized carbons (Fsp3) is 0.333. The molecule has 6 heteroatoms. The molecule has 0 atom stereocenters. The summed E-state index contributed by atoms with van der Waals surface area (Å²) < 4.78 is 5.13. The molecule has 27 heavy (non-hydrogen) atoms. The fourth-order valence-electron chi connectivity index (χ4n) is 3.22. The van der Waals surface area contributed by atoms with Crippen LogP contribution < -0.4 is 10.1 Å². The summed E-state index contributed by atoms with van der Waals surface area (Å²) in [5.74, 6) is 0.721. The Hall–Kier alpha value is -2.53. The van der Waals surface area contributed by atoms with Crippen LogP contribution in [0.25, 0.3) is 0 Å². The zero-order chi connectivity index (χ0) is 19.2. The number of nitrogens with zero attached hydrogens (tertiary/aromatic N) is 1. The number of nitrogens with one attached hydrogen (secondary N) is 1. The number of hydrogen-bond acceptors (Lipinski definition) is 3. The predicted molar refractivity (Wildman–Crippen MR) is 106 cm³/mol. The summed E-state index contributed by atoms with van der Waals surface area (Å²) >= 11 is 6.09. The van der Waals surface area contributed by atoms with Gasteiger partial charge in [0.1, 0.15) is 5.75 Å². The van der Waals surface area contributed by atoms with Crippen LogP contribution in [-0.4, -0.2) is 36.9 Å². The first-order valence-corrected chi connectivity index (χ1v) is 9.40. The molecule has 1 heterocycles. The fourth-order valence-corrected chi connectivity index (χ4v) is 3.40. The normalized spacial score (nSPS) is 14.7. The molecule has 1 aliphatic rings. The highest BCUT2D eigenvalue weighted by atomic mass is 35.5. The van der Waals surface area contributed by atoms with Crippen molar-refractivity contribution in [2.75, 3.05) is 25.5 Å². The highest BCUT2D eigenvalue weighted by Crippen LogP contribution is 2.24. The minimum atomic E-state index is -0.105. The zero-order valence-corrected chi connectivity index (χ0v) is 16.0. The van der Waals surface area contributed by atoms with Crippen molar-refractivity contribution < 1.29 is 14.3 Å². The maximum Gasteiger partial charge on any atom is 0.227 e. The number of halogens is 1. The summed E-state index contributed by atoms with van der Waals surface area (Å²) in [5.41, 5.74) is 1.58. The highest BCUT2D eigenvalue weighted by molar-refractivity contribution is 6.33. The molecule has 1 N–H and O–H groups in total.